The van der Waals surface area contributed by atoms with Crippen LogP contribution >= 0.6 is 0 Å². The standard InChI is InChI=1S/C10H16/c1-7-2-9-4-8(1)5-10(3-7)6-9/h7-10H,1-6H2/i7D. The minimum Gasteiger partial charge on any atom is -0.0475 e. The van der Waals surface area contributed by atoms with Gasteiger partial charge in [-0.2, -0.15) is 0 Å². The lowest BCUT2D eigenvalue weighted by Gasteiger charge is -2.49. The van der Waals surface area contributed by atoms with E-state index in [-0.39, 0.29) is 5.89 Å². The zero-order valence-electron chi connectivity index (χ0n) is 7.47. The van der Waals surface area contributed by atoms with E-state index in [1.165, 1.54) is 38.5 Å². The van der Waals surface area contributed by atoms with Gasteiger partial charge in [0.25, 0.3) is 0 Å². The Morgan fingerprint density at radius 1 is 0.700 bits per heavy atom. The highest BCUT2D eigenvalue weighted by atomic mass is 14.5. The summed E-state index contributed by atoms with van der Waals surface area (Å²) < 4.78 is 8.21. The summed E-state index contributed by atoms with van der Waals surface area (Å²) in [5.74, 6) is 2.92. The second kappa shape index (κ2) is 1.78. The molecule has 0 heterocycles. The van der Waals surface area contributed by atoms with E-state index < -0.39 is 0 Å². The molecule has 0 N–H and O–H groups in total. The number of rotatable bonds is 0. The third-order valence-electron chi connectivity index (χ3n) is 3.73. The van der Waals surface area contributed by atoms with E-state index >= 15 is 0 Å². The van der Waals surface area contributed by atoms with Gasteiger partial charge in [-0.25, -0.2) is 0 Å². The Kier molecular flexibility index (Phi) is 0.852. The van der Waals surface area contributed by atoms with E-state index in [2.05, 4.69) is 0 Å². The topological polar surface area (TPSA) is 0 Å². The maximum absolute atomic E-state index is 8.21. The molecule has 4 bridgehead atoms. The average molecular weight is 137 g/mol. The molecule has 0 heteroatoms. The van der Waals surface area contributed by atoms with Gasteiger partial charge >= 0.3 is 0 Å². The fourth-order valence-corrected chi connectivity index (χ4v) is 3.68. The molecule has 0 aromatic rings. The summed E-state index contributed by atoms with van der Waals surface area (Å²) in [4.78, 5) is 0. The van der Waals surface area contributed by atoms with Crippen LogP contribution in [0.5, 0.6) is 0 Å². The molecule has 0 nitrogen and oxygen atoms in total. The molecule has 0 amide bonds. The van der Waals surface area contributed by atoms with Crippen molar-refractivity contribution in [3.8, 4) is 0 Å². The van der Waals surface area contributed by atoms with Gasteiger partial charge in [0, 0.05) is 1.37 Å². The first kappa shape index (κ1) is 4.79. The highest BCUT2D eigenvalue weighted by Crippen LogP contribution is 2.53. The van der Waals surface area contributed by atoms with Gasteiger partial charge in [0.1, 0.15) is 0 Å². The predicted octanol–water partition coefficient (Wildman–Crippen LogP) is 2.83. The minimum absolute atomic E-state index is 0.0503. The van der Waals surface area contributed by atoms with Crippen LogP contribution in [0, 0.1) is 23.6 Å². The van der Waals surface area contributed by atoms with Crippen LogP contribution in [0.2, 0.25) is 0 Å². The molecule has 10 heavy (non-hydrogen) atoms. The summed E-state index contributed by atoms with van der Waals surface area (Å²) in [5.41, 5.74) is 0. The summed E-state index contributed by atoms with van der Waals surface area (Å²) in [7, 11) is 0. The van der Waals surface area contributed by atoms with Gasteiger partial charge in [0.05, 0.1) is 0 Å². The SMILES string of the molecule is [2H]C12CC3CC(CC(C3)C1)C2. The van der Waals surface area contributed by atoms with Crippen LogP contribution in [-0.2, 0) is 0 Å². The molecule has 0 saturated heterocycles. The van der Waals surface area contributed by atoms with Crippen molar-refractivity contribution in [1.29, 1.82) is 0 Å². The van der Waals surface area contributed by atoms with Crippen molar-refractivity contribution in [2.75, 3.05) is 0 Å². The molecule has 0 atom stereocenters. The highest BCUT2D eigenvalue weighted by molar-refractivity contribution is 4.92. The highest BCUT2D eigenvalue weighted by Gasteiger charge is 2.41. The lowest BCUT2D eigenvalue weighted by atomic mass is 9.56. The van der Waals surface area contributed by atoms with E-state index in [0.717, 1.165) is 17.8 Å². The van der Waals surface area contributed by atoms with Crippen molar-refractivity contribution in [3.63, 3.8) is 0 Å². The Labute approximate surface area is 64.4 Å². The summed E-state index contributed by atoms with van der Waals surface area (Å²) in [6.45, 7) is 0. The summed E-state index contributed by atoms with van der Waals surface area (Å²) in [6, 6.07) is 0. The van der Waals surface area contributed by atoms with Gasteiger partial charge in [-0.3, -0.25) is 0 Å². The van der Waals surface area contributed by atoms with Gasteiger partial charge in [0.15, 0.2) is 0 Å². The summed E-state index contributed by atoms with van der Waals surface area (Å²) in [5, 5.41) is 0. The molecule has 4 saturated carbocycles. The second-order valence-electron chi connectivity index (χ2n) is 4.67. The minimum atomic E-state index is 0.0503. The van der Waals surface area contributed by atoms with E-state index in [4.69, 9.17) is 1.37 Å². The van der Waals surface area contributed by atoms with Gasteiger partial charge in [-0.15, -0.1) is 0 Å². The van der Waals surface area contributed by atoms with Crippen LogP contribution in [-0.4, -0.2) is 0 Å². The van der Waals surface area contributed by atoms with Crippen LogP contribution < -0.4 is 0 Å². The van der Waals surface area contributed by atoms with Gasteiger partial charge < -0.3 is 0 Å². The molecule has 4 aliphatic carbocycles. The lowest BCUT2D eigenvalue weighted by Crippen LogP contribution is -2.38. The molecule has 0 radical (unpaired) electrons. The quantitative estimate of drug-likeness (QED) is 0.481. The molecule has 0 aliphatic heterocycles. The van der Waals surface area contributed by atoms with Crippen LogP contribution in [0.25, 0.3) is 0 Å². The average Bonchev–Trinajstić information content (AvgIpc) is 1.79. The van der Waals surface area contributed by atoms with Crippen molar-refractivity contribution in [3.05, 3.63) is 0 Å². The van der Waals surface area contributed by atoms with Crippen LogP contribution in [0.4, 0.5) is 0 Å². The smallest absolute Gasteiger partial charge is 0.0303 e. The first-order valence-electron chi connectivity index (χ1n) is 5.23. The molecule has 0 aromatic carbocycles. The Bertz CT molecular complexity index is 150. The Balaban J connectivity index is 1.94. The van der Waals surface area contributed by atoms with Crippen LogP contribution in [0.1, 0.15) is 39.9 Å². The zero-order chi connectivity index (χ0) is 7.47. The van der Waals surface area contributed by atoms with Crippen LogP contribution in [0.3, 0.4) is 0 Å². The maximum atomic E-state index is 8.21. The largest absolute Gasteiger partial charge is 0.0475 e. The molecule has 4 rings (SSSR count). The van der Waals surface area contributed by atoms with Crippen molar-refractivity contribution in [2.45, 2.75) is 38.5 Å². The predicted molar refractivity (Wildman–Crippen MR) is 41.7 cm³/mol. The summed E-state index contributed by atoms with van der Waals surface area (Å²) >= 11 is 0. The monoisotopic (exact) mass is 137 g/mol. The zero-order valence-corrected chi connectivity index (χ0v) is 6.47. The first-order valence-corrected chi connectivity index (χ1v) is 4.73. The maximum Gasteiger partial charge on any atom is 0.0303 e. The molecular weight excluding hydrogens is 120 g/mol. The Morgan fingerprint density at radius 2 is 1.10 bits per heavy atom. The van der Waals surface area contributed by atoms with Crippen molar-refractivity contribution >= 4 is 0 Å². The van der Waals surface area contributed by atoms with E-state index in [9.17, 15) is 0 Å². The third kappa shape index (κ3) is 0.681. The van der Waals surface area contributed by atoms with Crippen molar-refractivity contribution in [2.24, 2.45) is 23.6 Å². The van der Waals surface area contributed by atoms with Gasteiger partial charge in [-0.05, 0) is 62.2 Å². The molecular formula is C10H16. The first-order chi connectivity index (χ1) is 5.23. The Hall–Kier alpha value is 0. The van der Waals surface area contributed by atoms with E-state index in [1.54, 1.807) is 0 Å². The Morgan fingerprint density at radius 3 is 1.40 bits per heavy atom. The van der Waals surface area contributed by atoms with Crippen molar-refractivity contribution < 1.29 is 1.37 Å². The van der Waals surface area contributed by atoms with Crippen molar-refractivity contribution in [1.82, 2.24) is 0 Å². The van der Waals surface area contributed by atoms with E-state index in [0.29, 0.717) is 0 Å². The second-order valence-corrected chi connectivity index (χ2v) is 4.67. The fourth-order valence-electron chi connectivity index (χ4n) is 3.68. The molecule has 56 valence electrons. The normalized spacial score (nSPS) is 66.4. The lowest BCUT2D eigenvalue weighted by molar-refractivity contribution is 0.0198. The fraction of sp³-hybridized carbons (Fsp3) is 1.00. The van der Waals surface area contributed by atoms with Gasteiger partial charge in [-0.1, -0.05) is 0 Å². The number of hydrogen-bond donors (Lipinski definition) is 0. The molecule has 0 aromatic heterocycles. The molecule has 0 spiro atoms. The molecule has 4 fully saturated rings. The number of hydrogen-bond acceptors (Lipinski definition) is 0. The van der Waals surface area contributed by atoms with Gasteiger partial charge in [0.2, 0.25) is 0 Å². The third-order valence-corrected chi connectivity index (χ3v) is 3.73. The molecule has 4 aliphatic rings. The van der Waals surface area contributed by atoms with E-state index in [1.807, 2.05) is 0 Å². The molecule has 0 unspecified atom stereocenters. The summed E-state index contributed by atoms with van der Waals surface area (Å²) in [6.07, 6.45) is 8.12. The van der Waals surface area contributed by atoms with Crippen LogP contribution in [0.15, 0.2) is 0 Å².